The minimum Gasteiger partial charge on any atom is -0.480 e. The molecule has 0 spiro atoms. The van der Waals surface area contributed by atoms with Gasteiger partial charge >= 0.3 is 12.1 Å². The van der Waals surface area contributed by atoms with Crippen LogP contribution in [0.2, 0.25) is 0 Å². The molecule has 1 unspecified atom stereocenters. The van der Waals surface area contributed by atoms with Gasteiger partial charge in [-0.3, -0.25) is 4.79 Å². The predicted octanol–water partition coefficient (Wildman–Crippen LogP) is 1.60. The zero-order valence-corrected chi connectivity index (χ0v) is 10.3. The molecular weight excluding hydrogens is 265 g/mol. The van der Waals surface area contributed by atoms with Gasteiger partial charge < -0.3 is 14.6 Å². The molecule has 0 saturated heterocycles. The number of aliphatic carboxylic acids is 1. The Labute approximate surface area is 107 Å². The predicted molar refractivity (Wildman–Crippen MR) is 59.7 cm³/mol. The van der Waals surface area contributed by atoms with Crippen LogP contribution in [-0.4, -0.2) is 45.7 Å². The number of nitrogens with zero attached hydrogens (tertiary/aromatic N) is 2. The normalized spacial score (nSPS) is 13.1. The van der Waals surface area contributed by atoms with Crippen molar-refractivity contribution in [3.8, 4) is 0 Å². The maximum atomic E-state index is 12.3. The zero-order chi connectivity index (χ0) is 14.8. The lowest BCUT2D eigenvalue weighted by molar-refractivity contribution is -0.142. The van der Waals surface area contributed by atoms with Crippen molar-refractivity contribution in [2.75, 3.05) is 7.05 Å². The molecule has 1 N–H and O–H groups in total. The van der Waals surface area contributed by atoms with Gasteiger partial charge in [-0.15, -0.1) is 0 Å². The first-order valence-electron chi connectivity index (χ1n) is 5.35. The van der Waals surface area contributed by atoms with Crippen LogP contribution < -0.4 is 0 Å². The number of carbonyl (C=O) groups is 2. The van der Waals surface area contributed by atoms with Gasteiger partial charge in [0.05, 0.1) is 0 Å². The number of rotatable bonds is 4. The van der Waals surface area contributed by atoms with Gasteiger partial charge in [-0.05, 0) is 19.1 Å². The van der Waals surface area contributed by atoms with E-state index in [1.54, 1.807) is 0 Å². The van der Waals surface area contributed by atoms with Gasteiger partial charge in [0, 0.05) is 13.2 Å². The van der Waals surface area contributed by atoms with Crippen molar-refractivity contribution < 1.29 is 27.9 Å². The molecule has 0 radical (unpaired) electrons. The van der Waals surface area contributed by atoms with Crippen LogP contribution in [0.5, 0.6) is 0 Å². The third-order valence-corrected chi connectivity index (χ3v) is 2.66. The third kappa shape index (κ3) is 3.73. The lowest BCUT2D eigenvalue weighted by Crippen LogP contribution is -2.41. The molecule has 0 saturated carbocycles. The summed E-state index contributed by atoms with van der Waals surface area (Å²) in [5.74, 6) is -2.01. The molecule has 1 aromatic heterocycles. The topological polar surface area (TPSA) is 62.5 Å². The number of carbonyl (C=O) groups excluding carboxylic acids is 1. The van der Waals surface area contributed by atoms with Gasteiger partial charge in [0.15, 0.2) is 0 Å². The van der Waals surface area contributed by atoms with Gasteiger partial charge in [0.1, 0.15) is 18.3 Å². The summed E-state index contributed by atoms with van der Waals surface area (Å²) in [6.45, 7) is -0.0202. The van der Waals surface area contributed by atoms with E-state index >= 15 is 0 Å². The summed E-state index contributed by atoms with van der Waals surface area (Å²) in [7, 11) is 1.23. The highest BCUT2D eigenvalue weighted by Gasteiger charge is 2.31. The van der Waals surface area contributed by atoms with Crippen LogP contribution >= 0.6 is 0 Å². The summed E-state index contributed by atoms with van der Waals surface area (Å²) in [5.41, 5.74) is -0.201. The van der Waals surface area contributed by atoms with Crippen molar-refractivity contribution >= 4 is 11.9 Å². The van der Waals surface area contributed by atoms with Crippen LogP contribution in [0.25, 0.3) is 0 Å². The number of alkyl halides is 3. The molecule has 0 bridgehead atoms. The second kappa shape index (κ2) is 5.33. The summed E-state index contributed by atoms with van der Waals surface area (Å²) in [4.78, 5) is 23.6. The summed E-state index contributed by atoms with van der Waals surface area (Å²) in [6.07, 6.45) is -3.33. The minimum atomic E-state index is -4.45. The Bertz CT molecular complexity index is 482. The molecule has 19 heavy (non-hydrogen) atoms. The molecule has 0 aliphatic heterocycles. The Morgan fingerprint density at radius 1 is 1.47 bits per heavy atom. The molecule has 1 aromatic rings. The van der Waals surface area contributed by atoms with E-state index in [0.717, 1.165) is 15.7 Å². The molecule has 0 fully saturated rings. The molecular formula is C11H13F3N2O3. The largest absolute Gasteiger partial charge is 0.480 e. The third-order valence-electron chi connectivity index (χ3n) is 2.66. The van der Waals surface area contributed by atoms with Crippen LogP contribution in [-0.2, 0) is 11.3 Å². The maximum Gasteiger partial charge on any atom is 0.406 e. The van der Waals surface area contributed by atoms with Crippen molar-refractivity contribution in [2.24, 2.45) is 0 Å². The first-order chi connectivity index (χ1) is 8.63. The van der Waals surface area contributed by atoms with E-state index in [0.29, 0.717) is 0 Å². The van der Waals surface area contributed by atoms with Crippen molar-refractivity contribution in [2.45, 2.75) is 25.7 Å². The average Bonchev–Trinajstić information content (AvgIpc) is 2.71. The summed E-state index contributed by atoms with van der Waals surface area (Å²) in [5, 5.41) is 8.77. The number of hydrogen-bond acceptors (Lipinski definition) is 2. The highest BCUT2D eigenvalue weighted by molar-refractivity contribution is 5.95. The molecule has 1 heterocycles. The van der Waals surface area contributed by atoms with Crippen LogP contribution in [0.15, 0.2) is 18.3 Å². The van der Waals surface area contributed by atoms with Gasteiger partial charge in [-0.2, -0.15) is 13.2 Å². The maximum absolute atomic E-state index is 12.3. The van der Waals surface area contributed by atoms with E-state index in [2.05, 4.69) is 0 Å². The Kier molecular flexibility index (Phi) is 4.23. The number of carboxylic acids is 1. The number of carboxylic acid groups (broad SMARTS) is 1. The van der Waals surface area contributed by atoms with Crippen molar-refractivity contribution in [3.05, 3.63) is 24.0 Å². The Balaban J connectivity index is 2.95. The lowest BCUT2D eigenvalue weighted by atomic mass is 10.2. The van der Waals surface area contributed by atoms with E-state index in [1.807, 2.05) is 0 Å². The molecule has 0 aliphatic carbocycles. The number of aromatic nitrogens is 1. The van der Waals surface area contributed by atoms with E-state index < -0.39 is 30.6 Å². The summed E-state index contributed by atoms with van der Waals surface area (Å²) < 4.78 is 37.7. The average molecular weight is 278 g/mol. The standard InChI is InChI=1S/C11H13F3N2O3/c1-7(10(18)19)15(2)9(17)8-4-3-5-16(8)6-11(12,13)14/h3-5,7H,6H2,1-2H3,(H,18,19). The van der Waals surface area contributed by atoms with Gasteiger partial charge in [-0.25, -0.2) is 4.79 Å². The van der Waals surface area contributed by atoms with Gasteiger partial charge in [0.25, 0.3) is 5.91 Å². The Morgan fingerprint density at radius 2 is 2.05 bits per heavy atom. The monoisotopic (exact) mass is 278 g/mol. The second-order valence-electron chi connectivity index (χ2n) is 4.07. The lowest BCUT2D eigenvalue weighted by Gasteiger charge is -2.22. The number of amides is 1. The van der Waals surface area contributed by atoms with Crippen LogP contribution in [0.1, 0.15) is 17.4 Å². The van der Waals surface area contributed by atoms with Crippen LogP contribution in [0.3, 0.4) is 0 Å². The first kappa shape index (κ1) is 15.1. The first-order valence-corrected chi connectivity index (χ1v) is 5.35. The number of halogens is 3. The highest BCUT2D eigenvalue weighted by Crippen LogP contribution is 2.19. The molecule has 1 atom stereocenters. The van der Waals surface area contributed by atoms with Crippen molar-refractivity contribution in [1.29, 1.82) is 0 Å². The minimum absolute atomic E-state index is 0.201. The summed E-state index contributed by atoms with van der Waals surface area (Å²) in [6, 6.07) is 1.40. The van der Waals surface area contributed by atoms with E-state index in [9.17, 15) is 22.8 Å². The number of likely N-dealkylation sites (N-methyl/N-ethyl adjacent to an activating group) is 1. The SMILES string of the molecule is CC(C(=O)O)N(C)C(=O)c1cccn1CC(F)(F)F. The van der Waals surface area contributed by atoms with E-state index in [-0.39, 0.29) is 5.69 Å². The Morgan fingerprint density at radius 3 is 2.53 bits per heavy atom. The van der Waals surface area contributed by atoms with Crippen molar-refractivity contribution in [3.63, 3.8) is 0 Å². The van der Waals surface area contributed by atoms with E-state index in [4.69, 9.17) is 5.11 Å². The quantitative estimate of drug-likeness (QED) is 0.909. The van der Waals surface area contributed by atoms with Crippen LogP contribution in [0, 0.1) is 0 Å². The second-order valence-corrected chi connectivity index (χ2v) is 4.07. The van der Waals surface area contributed by atoms with Crippen molar-refractivity contribution in [1.82, 2.24) is 9.47 Å². The molecule has 106 valence electrons. The Hall–Kier alpha value is -1.99. The molecule has 1 rings (SSSR count). The fraction of sp³-hybridized carbons (Fsp3) is 0.455. The highest BCUT2D eigenvalue weighted by atomic mass is 19.4. The molecule has 0 aliphatic rings. The molecule has 0 aromatic carbocycles. The van der Waals surface area contributed by atoms with Crippen LogP contribution in [0.4, 0.5) is 13.2 Å². The molecule has 8 heteroatoms. The number of hydrogen-bond donors (Lipinski definition) is 1. The zero-order valence-electron chi connectivity index (χ0n) is 10.3. The van der Waals surface area contributed by atoms with Gasteiger partial charge in [0.2, 0.25) is 0 Å². The molecule has 1 amide bonds. The fourth-order valence-electron chi connectivity index (χ4n) is 1.46. The fourth-order valence-corrected chi connectivity index (χ4v) is 1.46. The summed E-state index contributed by atoms with van der Waals surface area (Å²) >= 11 is 0. The smallest absolute Gasteiger partial charge is 0.406 e. The van der Waals surface area contributed by atoms with Gasteiger partial charge in [-0.1, -0.05) is 0 Å². The van der Waals surface area contributed by atoms with E-state index in [1.165, 1.54) is 26.1 Å². The molecule has 5 nitrogen and oxygen atoms in total.